The highest BCUT2D eigenvalue weighted by Gasteiger charge is 2.25. The molecule has 1 aromatic heterocycles. The summed E-state index contributed by atoms with van der Waals surface area (Å²) in [6.07, 6.45) is 2.88. The zero-order valence-corrected chi connectivity index (χ0v) is 17.9. The highest BCUT2D eigenvalue weighted by molar-refractivity contribution is 7.09. The number of hydrogen-bond donors (Lipinski definition) is 1. The van der Waals surface area contributed by atoms with Gasteiger partial charge in [-0.15, -0.1) is 11.3 Å². The van der Waals surface area contributed by atoms with E-state index in [0.717, 1.165) is 69.2 Å². The average Bonchev–Trinajstić information content (AvgIpc) is 3.11. The van der Waals surface area contributed by atoms with Gasteiger partial charge in [-0.05, 0) is 58.4 Å². The van der Waals surface area contributed by atoms with Gasteiger partial charge in [0, 0.05) is 30.9 Å². The van der Waals surface area contributed by atoms with Gasteiger partial charge in [0.25, 0.3) is 0 Å². The van der Waals surface area contributed by atoms with Crippen LogP contribution in [0.3, 0.4) is 0 Å². The molecule has 1 N–H and O–H groups in total. The third kappa shape index (κ3) is 6.69. The minimum Gasteiger partial charge on any atom is -0.356 e. The van der Waals surface area contributed by atoms with Crippen molar-refractivity contribution in [2.24, 2.45) is 5.92 Å². The van der Waals surface area contributed by atoms with E-state index in [2.05, 4.69) is 56.8 Å². The van der Waals surface area contributed by atoms with E-state index in [1.165, 1.54) is 5.56 Å². The molecule has 28 heavy (non-hydrogen) atoms. The van der Waals surface area contributed by atoms with Crippen molar-refractivity contribution in [1.29, 1.82) is 0 Å². The Balaban J connectivity index is 1.28. The van der Waals surface area contributed by atoms with Gasteiger partial charge in [-0.1, -0.05) is 30.3 Å². The van der Waals surface area contributed by atoms with Crippen molar-refractivity contribution >= 4 is 17.2 Å². The molecule has 0 radical (unpaired) electrons. The zero-order valence-electron chi connectivity index (χ0n) is 17.1. The summed E-state index contributed by atoms with van der Waals surface area (Å²) < 4.78 is 0. The summed E-state index contributed by atoms with van der Waals surface area (Å²) in [5.74, 6) is 0.394. The number of piperidine rings is 1. The highest BCUT2D eigenvalue weighted by Crippen LogP contribution is 2.20. The molecule has 2 aromatic rings. The van der Waals surface area contributed by atoms with Crippen molar-refractivity contribution in [3.63, 3.8) is 0 Å². The van der Waals surface area contributed by atoms with Crippen LogP contribution >= 0.6 is 11.3 Å². The fourth-order valence-electron chi connectivity index (χ4n) is 3.74. The van der Waals surface area contributed by atoms with Crippen molar-refractivity contribution in [3.05, 3.63) is 52.0 Å². The van der Waals surface area contributed by atoms with Crippen LogP contribution in [0.1, 0.15) is 35.5 Å². The minimum absolute atomic E-state index is 0.162. The lowest BCUT2D eigenvalue weighted by molar-refractivity contribution is -0.126. The van der Waals surface area contributed by atoms with E-state index in [0.29, 0.717) is 0 Å². The summed E-state index contributed by atoms with van der Waals surface area (Å²) in [6, 6.07) is 10.5. The maximum atomic E-state index is 12.4. The number of thiazole rings is 1. The molecule has 1 aromatic carbocycles. The molecule has 1 aliphatic rings. The van der Waals surface area contributed by atoms with E-state index in [1.807, 2.05) is 13.0 Å². The second-order valence-electron chi connectivity index (χ2n) is 7.78. The number of amides is 1. The zero-order chi connectivity index (χ0) is 19.8. The van der Waals surface area contributed by atoms with Crippen molar-refractivity contribution < 1.29 is 4.79 Å². The van der Waals surface area contributed by atoms with Crippen LogP contribution in [0.2, 0.25) is 0 Å². The number of rotatable bonds is 9. The molecule has 0 bridgehead atoms. The van der Waals surface area contributed by atoms with Crippen LogP contribution in [0, 0.1) is 12.8 Å². The molecule has 152 valence electrons. The number of benzene rings is 1. The highest BCUT2D eigenvalue weighted by atomic mass is 32.1. The normalized spacial score (nSPS) is 15.8. The first-order chi connectivity index (χ1) is 13.6. The number of nitrogens with zero attached hydrogens (tertiary/aromatic N) is 3. The van der Waals surface area contributed by atoms with Gasteiger partial charge in [-0.2, -0.15) is 0 Å². The molecule has 0 atom stereocenters. The minimum atomic E-state index is 0.162. The smallest absolute Gasteiger partial charge is 0.223 e. The number of likely N-dealkylation sites (tertiary alicyclic amines) is 1. The van der Waals surface area contributed by atoms with Crippen LogP contribution in [0.15, 0.2) is 35.7 Å². The van der Waals surface area contributed by atoms with Crippen LogP contribution < -0.4 is 5.32 Å². The Hall–Kier alpha value is -1.76. The van der Waals surface area contributed by atoms with Crippen LogP contribution in [0.5, 0.6) is 0 Å². The predicted octanol–water partition coefficient (Wildman–Crippen LogP) is 3.30. The van der Waals surface area contributed by atoms with Crippen molar-refractivity contribution in [3.8, 4) is 0 Å². The first-order valence-electron chi connectivity index (χ1n) is 10.2. The van der Waals surface area contributed by atoms with Gasteiger partial charge in [0.15, 0.2) is 0 Å². The van der Waals surface area contributed by atoms with E-state index in [9.17, 15) is 4.79 Å². The lowest BCUT2D eigenvalue weighted by Crippen LogP contribution is -2.40. The summed E-state index contributed by atoms with van der Waals surface area (Å²) in [6.45, 7) is 7.61. The number of carbonyl (C=O) groups is 1. The van der Waals surface area contributed by atoms with Crippen molar-refractivity contribution in [1.82, 2.24) is 20.1 Å². The largest absolute Gasteiger partial charge is 0.356 e. The van der Waals surface area contributed by atoms with Gasteiger partial charge in [0.2, 0.25) is 5.91 Å². The van der Waals surface area contributed by atoms with Crippen molar-refractivity contribution in [2.75, 3.05) is 33.2 Å². The van der Waals surface area contributed by atoms with Crippen LogP contribution in [-0.2, 0) is 17.9 Å². The monoisotopic (exact) mass is 400 g/mol. The number of nitrogens with one attached hydrogen (secondary N) is 1. The molecule has 1 aliphatic heterocycles. The molecule has 6 heteroatoms. The molecule has 5 nitrogen and oxygen atoms in total. The summed E-state index contributed by atoms with van der Waals surface area (Å²) in [5, 5.41) is 6.41. The second kappa shape index (κ2) is 10.7. The molecular formula is C22H32N4OS. The van der Waals surface area contributed by atoms with Gasteiger partial charge in [0.05, 0.1) is 10.7 Å². The van der Waals surface area contributed by atoms with Gasteiger partial charge < -0.3 is 10.2 Å². The Morgan fingerprint density at radius 1 is 1.29 bits per heavy atom. The van der Waals surface area contributed by atoms with Gasteiger partial charge in [-0.25, -0.2) is 4.98 Å². The summed E-state index contributed by atoms with van der Waals surface area (Å²) in [7, 11) is 2.13. The molecule has 3 rings (SSSR count). The van der Waals surface area contributed by atoms with Crippen LogP contribution in [0.25, 0.3) is 0 Å². The fraction of sp³-hybridized carbons (Fsp3) is 0.545. The van der Waals surface area contributed by atoms with E-state index in [4.69, 9.17) is 0 Å². The topological polar surface area (TPSA) is 48.5 Å². The molecule has 0 saturated carbocycles. The maximum Gasteiger partial charge on any atom is 0.223 e. The molecular weight excluding hydrogens is 368 g/mol. The number of aryl methyl sites for hydroxylation is 1. The molecule has 0 aliphatic carbocycles. The number of aromatic nitrogens is 1. The molecule has 1 amide bonds. The van der Waals surface area contributed by atoms with Gasteiger partial charge >= 0.3 is 0 Å². The number of hydrogen-bond acceptors (Lipinski definition) is 5. The van der Waals surface area contributed by atoms with E-state index in [-0.39, 0.29) is 11.8 Å². The molecule has 1 fully saturated rings. The Bertz CT molecular complexity index is 725. The van der Waals surface area contributed by atoms with E-state index < -0.39 is 0 Å². The second-order valence-corrected chi connectivity index (χ2v) is 8.84. The Morgan fingerprint density at radius 2 is 2.04 bits per heavy atom. The van der Waals surface area contributed by atoms with E-state index >= 15 is 0 Å². The predicted molar refractivity (Wildman–Crippen MR) is 115 cm³/mol. The van der Waals surface area contributed by atoms with Crippen molar-refractivity contribution in [2.45, 2.75) is 39.3 Å². The van der Waals surface area contributed by atoms with Crippen LogP contribution in [-0.4, -0.2) is 53.9 Å². The lowest BCUT2D eigenvalue weighted by Gasteiger charge is -2.30. The molecule has 0 unspecified atom stereocenters. The fourth-order valence-corrected chi connectivity index (χ4v) is 4.35. The Labute approximate surface area is 172 Å². The SMILES string of the molecule is Cc1nc(CN2CCC(C(=O)NCCCN(C)Cc3ccccc3)CC2)cs1. The average molecular weight is 401 g/mol. The maximum absolute atomic E-state index is 12.4. The summed E-state index contributed by atoms with van der Waals surface area (Å²) in [4.78, 5) is 21.7. The molecule has 2 heterocycles. The summed E-state index contributed by atoms with van der Waals surface area (Å²) in [5.41, 5.74) is 2.48. The van der Waals surface area contributed by atoms with Crippen LogP contribution in [0.4, 0.5) is 0 Å². The third-order valence-electron chi connectivity index (χ3n) is 5.32. The number of carbonyl (C=O) groups excluding carboxylic acids is 1. The van der Waals surface area contributed by atoms with Gasteiger partial charge in [0.1, 0.15) is 0 Å². The quantitative estimate of drug-likeness (QED) is 0.656. The summed E-state index contributed by atoms with van der Waals surface area (Å²) >= 11 is 1.71. The Morgan fingerprint density at radius 3 is 2.71 bits per heavy atom. The third-order valence-corrected chi connectivity index (χ3v) is 6.14. The standard InChI is InChI=1S/C22H32N4OS/c1-18-24-21(17-28-18)16-26-13-9-20(10-14-26)22(27)23-11-6-12-25(2)15-19-7-4-3-5-8-19/h3-5,7-8,17,20H,6,9-16H2,1-2H3,(H,23,27). The Kier molecular flexibility index (Phi) is 8.01. The molecule has 1 saturated heterocycles. The van der Waals surface area contributed by atoms with E-state index in [1.54, 1.807) is 11.3 Å². The van der Waals surface area contributed by atoms with Gasteiger partial charge in [-0.3, -0.25) is 9.69 Å². The first-order valence-corrected chi connectivity index (χ1v) is 11.1. The lowest BCUT2D eigenvalue weighted by atomic mass is 9.96. The first kappa shape index (κ1) is 21.0. The molecule has 0 spiro atoms.